The van der Waals surface area contributed by atoms with E-state index in [-0.39, 0.29) is 13.2 Å². The lowest BCUT2D eigenvalue weighted by Gasteiger charge is -2.42. The molecule has 1 aliphatic rings. The molecule has 0 spiro atoms. The van der Waals surface area contributed by atoms with Crippen LogP contribution in [0.5, 0.6) is 0 Å². The monoisotopic (exact) mass is 474 g/mol. The average Bonchev–Trinajstić information content (AvgIpc) is 2.80. The smallest absolute Gasteiger partial charge is 0.338 e. The van der Waals surface area contributed by atoms with Crippen molar-refractivity contribution in [3.63, 3.8) is 0 Å². The molecule has 0 radical (unpaired) electrons. The van der Waals surface area contributed by atoms with E-state index in [2.05, 4.69) is 19.6 Å². The Bertz CT molecular complexity index is 856. The van der Waals surface area contributed by atoms with E-state index in [1.54, 1.807) is 24.3 Å². The van der Waals surface area contributed by atoms with Gasteiger partial charge >= 0.3 is 5.97 Å². The lowest BCUT2D eigenvalue weighted by atomic mass is 9.99. The topological polar surface area (TPSA) is 94.5 Å². The number of ether oxygens (including phenoxy) is 4. The Morgan fingerprint density at radius 2 is 1.58 bits per heavy atom. The van der Waals surface area contributed by atoms with Crippen LogP contribution in [0.4, 0.5) is 0 Å². The van der Waals surface area contributed by atoms with Crippen LogP contribution in [0.15, 0.2) is 60.7 Å². The quantitative estimate of drug-likeness (QED) is 0.403. The van der Waals surface area contributed by atoms with Gasteiger partial charge in [0.1, 0.15) is 31.0 Å². The summed E-state index contributed by atoms with van der Waals surface area (Å²) in [6.07, 6.45) is -5.25. The van der Waals surface area contributed by atoms with Crippen molar-refractivity contribution < 1.29 is 34.0 Å². The number of carbonyl (C=O) groups excluding carboxylic acids is 1. The summed E-state index contributed by atoms with van der Waals surface area (Å²) >= 11 is 0. The lowest BCUT2D eigenvalue weighted by molar-refractivity contribution is -0.308. The summed E-state index contributed by atoms with van der Waals surface area (Å²) in [7, 11) is -1.35. The summed E-state index contributed by atoms with van der Waals surface area (Å²) in [5.41, 5.74) is 1.31. The summed E-state index contributed by atoms with van der Waals surface area (Å²) in [6.45, 7) is 7.13. The van der Waals surface area contributed by atoms with Crippen molar-refractivity contribution in [2.75, 3.05) is 13.2 Å². The van der Waals surface area contributed by atoms with E-state index in [1.165, 1.54) is 0 Å². The van der Waals surface area contributed by atoms with Crippen LogP contribution in [0.1, 0.15) is 15.9 Å². The predicted molar refractivity (Wildman–Crippen MR) is 127 cm³/mol. The minimum atomic E-state index is -1.35. The zero-order chi connectivity index (χ0) is 23.8. The van der Waals surface area contributed by atoms with Crippen molar-refractivity contribution in [3.05, 3.63) is 71.8 Å². The Kier molecular flexibility index (Phi) is 9.19. The number of hydrogen-bond donors (Lipinski definition) is 2. The average molecular weight is 475 g/mol. The second kappa shape index (κ2) is 11.9. The fourth-order valence-electron chi connectivity index (χ4n) is 3.44. The molecule has 7 nitrogen and oxygen atoms in total. The molecular formula is C25H34O7Si. The number of esters is 1. The zero-order valence-corrected chi connectivity index (χ0v) is 20.4. The maximum atomic E-state index is 12.3. The third-order valence-electron chi connectivity index (χ3n) is 5.45. The summed E-state index contributed by atoms with van der Waals surface area (Å²) in [5, 5.41) is 21.7. The van der Waals surface area contributed by atoms with E-state index in [4.69, 9.17) is 18.9 Å². The normalized spacial score (nSPS) is 25.5. The second-order valence-electron chi connectivity index (χ2n) is 9.43. The molecule has 1 saturated heterocycles. The van der Waals surface area contributed by atoms with E-state index in [9.17, 15) is 15.0 Å². The van der Waals surface area contributed by atoms with Gasteiger partial charge in [-0.15, -0.1) is 0 Å². The lowest BCUT2D eigenvalue weighted by Crippen LogP contribution is -2.60. The third-order valence-corrected chi connectivity index (χ3v) is 7.15. The van der Waals surface area contributed by atoms with Crippen molar-refractivity contribution in [2.24, 2.45) is 0 Å². The van der Waals surface area contributed by atoms with Crippen molar-refractivity contribution in [2.45, 2.75) is 63.0 Å². The summed E-state index contributed by atoms with van der Waals surface area (Å²) < 4.78 is 23.0. The van der Waals surface area contributed by atoms with Crippen molar-refractivity contribution in [1.82, 2.24) is 0 Å². The molecule has 0 aromatic heterocycles. The standard InChI is InChI=1S/C25H34O7Si/c1-33(2,3)15-14-29-25-22(27)23(30-16-18-10-6-4-7-11-18)21(26)20(32-25)17-31-24(28)19-12-8-5-9-13-19/h4-13,20-23,25-27H,14-17H2,1-3H3/t20-,21+,22-,23+,25+/m1/s1. The van der Waals surface area contributed by atoms with Gasteiger partial charge in [-0.05, 0) is 23.7 Å². The SMILES string of the molecule is C[Si](C)(C)CCO[C@H]1O[C@H](COC(=O)c2ccccc2)[C@H](O)[C@H](OCc2ccccc2)[C@H]1O. The maximum absolute atomic E-state index is 12.3. The number of carbonyl (C=O) groups is 1. The number of hydrogen-bond acceptors (Lipinski definition) is 7. The summed E-state index contributed by atoms with van der Waals surface area (Å²) in [6, 6.07) is 19.0. The molecule has 0 unspecified atom stereocenters. The highest BCUT2D eigenvalue weighted by Gasteiger charge is 2.46. The number of benzene rings is 2. The first-order chi connectivity index (χ1) is 15.7. The molecule has 33 heavy (non-hydrogen) atoms. The van der Waals surface area contributed by atoms with Crippen molar-refractivity contribution in [1.29, 1.82) is 0 Å². The molecule has 1 heterocycles. The van der Waals surface area contributed by atoms with Crippen LogP contribution in [0, 0.1) is 0 Å². The predicted octanol–water partition coefficient (Wildman–Crippen LogP) is 3.23. The molecule has 0 amide bonds. The molecule has 0 bridgehead atoms. The second-order valence-corrected chi connectivity index (χ2v) is 15.1. The first kappa shape index (κ1) is 25.5. The molecule has 0 aliphatic carbocycles. The molecule has 5 atom stereocenters. The van der Waals surface area contributed by atoms with Crippen LogP contribution in [0.3, 0.4) is 0 Å². The fraction of sp³-hybridized carbons (Fsp3) is 0.480. The molecular weight excluding hydrogens is 440 g/mol. The van der Waals surface area contributed by atoms with Crippen LogP contribution in [-0.4, -0.2) is 68.2 Å². The molecule has 0 saturated carbocycles. The fourth-order valence-corrected chi connectivity index (χ4v) is 4.17. The Morgan fingerprint density at radius 3 is 2.21 bits per heavy atom. The molecule has 2 aromatic rings. The van der Waals surface area contributed by atoms with Crippen LogP contribution in [0.2, 0.25) is 25.7 Å². The highest BCUT2D eigenvalue weighted by atomic mass is 28.3. The van der Waals surface area contributed by atoms with E-state index < -0.39 is 44.7 Å². The van der Waals surface area contributed by atoms with Gasteiger partial charge in [0, 0.05) is 14.7 Å². The van der Waals surface area contributed by atoms with Gasteiger partial charge < -0.3 is 29.2 Å². The summed E-state index contributed by atoms with van der Waals surface area (Å²) in [4.78, 5) is 12.3. The van der Waals surface area contributed by atoms with Crippen molar-refractivity contribution in [3.8, 4) is 0 Å². The van der Waals surface area contributed by atoms with Crippen LogP contribution >= 0.6 is 0 Å². The minimum Gasteiger partial charge on any atom is -0.459 e. The molecule has 1 aliphatic heterocycles. The number of aliphatic hydroxyl groups is 2. The minimum absolute atomic E-state index is 0.194. The molecule has 3 rings (SSSR count). The maximum Gasteiger partial charge on any atom is 0.338 e. The highest BCUT2D eigenvalue weighted by molar-refractivity contribution is 6.76. The third kappa shape index (κ3) is 7.74. The number of rotatable bonds is 10. The van der Waals surface area contributed by atoms with Gasteiger partial charge in [0.15, 0.2) is 6.29 Å². The zero-order valence-electron chi connectivity index (χ0n) is 19.4. The number of aliphatic hydroxyl groups excluding tert-OH is 2. The van der Waals surface area contributed by atoms with E-state index in [1.807, 2.05) is 36.4 Å². The van der Waals surface area contributed by atoms with Gasteiger partial charge in [-0.3, -0.25) is 0 Å². The van der Waals surface area contributed by atoms with Gasteiger partial charge in [0.05, 0.1) is 12.2 Å². The molecule has 2 N–H and O–H groups in total. The van der Waals surface area contributed by atoms with Gasteiger partial charge in [-0.1, -0.05) is 68.2 Å². The van der Waals surface area contributed by atoms with Crippen LogP contribution in [-0.2, 0) is 25.6 Å². The Morgan fingerprint density at radius 1 is 0.939 bits per heavy atom. The van der Waals surface area contributed by atoms with Crippen LogP contribution < -0.4 is 0 Å². The van der Waals surface area contributed by atoms with Gasteiger partial charge in [-0.2, -0.15) is 0 Å². The van der Waals surface area contributed by atoms with Gasteiger partial charge in [-0.25, -0.2) is 4.79 Å². The van der Waals surface area contributed by atoms with E-state index >= 15 is 0 Å². The first-order valence-electron chi connectivity index (χ1n) is 11.3. The summed E-state index contributed by atoms with van der Waals surface area (Å²) in [5.74, 6) is -0.518. The molecule has 2 aromatic carbocycles. The van der Waals surface area contributed by atoms with E-state index in [0.29, 0.717) is 12.2 Å². The van der Waals surface area contributed by atoms with Crippen molar-refractivity contribution >= 4 is 14.0 Å². The molecule has 1 fully saturated rings. The van der Waals surface area contributed by atoms with E-state index in [0.717, 1.165) is 11.6 Å². The first-order valence-corrected chi connectivity index (χ1v) is 15.0. The Balaban J connectivity index is 1.66. The van der Waals surface area contributed by atoms with Gasteiger partial charge in [0.25, 0.3) is 0 Å². The largest absolute Gasteiger partial charge is 0.459 e. The van der Waals surface area contributed by atoms with Gasteiger partial charge in [0.2, 0.25) is 0 Å². The Hall–Kier alpha value is -2.07. The highest BCUT2D eigenvalue weighted by Crippen LogP contribution is 2.26. The molecule has 180 valence electrons. The van der Waals surface area contributed by atoms with Crippen LogP contribution in [0.25, 0.3) is 0 Å². The molecule has 8 heteroatoms. The Labute approximate surface area is 196 Å².